The molecule has 7 nitrogen and oxygen atoms in total. The number of benzene rings is 1. The zero-order chi connectivity index (χ0) is 15.8. The molecule has 8 heteroatoms. The van der Waals surface area contributed by atoms with Gasteiger partial charge in [0.25, 0.3) is 5.91 Å². The predicted octanol–water partition coefficient (Wildman–Crippen LogP) is 3.01. The molecule has 0 atom stereocenters. The summed E-state index contributed by atoms with van der Waals surface area (Å²) in [6.45, 7) is 1.94. The van der Waals surface area contributed by atoms with Crippen molar-refractivity contribution in [3.63, 3.8) is 0 Å². The van der Waals surface area contributed by atoms with Crippen molar-refractivity contribution >= 4 is 27.3 Å². The van der Waals surface area contributed by atoms with E-state index in [0.29, 0.717) is 27.2 Å². The van der Waals surface area contributed by atoms with Gasteiger partial charge < -0.3 is 4.42 Å². The molecule has 23 heavy (non-hydrogen) atoms. The first-order valence-corrected chi connectivity index (χ1v) is 7.66. The summed E-state index contributed by atoms with van der Waals surface area (Å²) < 4.78 is 6.86. The molecule has 0 spiro atoms. The van der Waals surface area contributed by atoms with Crippen LogP contribution in [0.15, 0.2) is 47.1 Å². The third-order valence-corrected chi connectivity index (χ3v) is 4.05. The third-order valence-electron chi connectivity index (χ3n) is 3.23. The quantitative estimate of drug-likeness (QED) is 0.626. The zero-order valence-electron chi connectivity index (χ0n) is 12.1. The first-order chi connectivity index (χ1) is 11.2. The highest BCUT2D eigenvalue weighted by Gasteiger charge is 2.16. The van der Waals surface area contributed by atoms with E-state index < -0.39 is 0 Å². The Kier molecular flexibility index (Phi) is 3.16. The number of hydrogen-bond donors (Lipinski definition) is 1. The van der Waals surface area contributed by atoms with E-state index >= 15 is 0 Å². The van der Waals surface area contributed by atoms with Crippen LogP contribution in [0, 0.1) is 6.92 Å². The molecular formula is C15H11N5O2S. The maximum atomic E-state index is 12.3. The highest BCUT2D eigenvalue weighted by atomic mass is 32.1. The van der Waals surface area contributed by atoms with E-state index in [-0.39, 0.29) is 5.91 Å². The Morgan fingerprint density at radius 2 is 2.17 bits per heavy atom. The summed E-state index contributed by atoms with van der Waals surface area (Å²) in [6, 6.07) is 10.9. The van der Waals surface area contributed by atoms with Gasteiger partial charge in [-0.05, 0) is 31.2 Å². The molecule has 3 aromatic heterocycles. The topological polar surface area (TPSA) is 85.3 Å². The van der Waals surface area contributed by atoms with E-state index in [1.807, 2.05) is 25.1 Å². The molecule has 1 amide bonds. The standard InChI is InChI=1S/C15H11N5O2S/c1-9-4-2-5-10(8-9)13(21)16-14-19-20-12(11-6-3-7-22-11)17-18-15(20)23-14/h2-8H,1H3,(H,16,19,21). The van der Waals surface area contributed by atoms with Crippen molar-refractivity contribution in [2.45, 2.75) is 6.92 Å². The summed E-state index contributed by atoms with van der Waals surface area (Å²) in [5, 5.41) is 15.7. The lowest BCUT2D eigenvalue weighted by Crippen LogP contribution is -2.12. The van der Waals surface area contributed by atoms with Crippen LogP contribution in [0.4, 0.5) is 5.13 Å². The molecule has 0 aliphatic rings. The van der Waals surface area contributed by atoms with E-state index in [1.165, 1.54) is 11.3 Å². The lowest BCUT2D eigenvalue weighted by Gasteiger charge is -2.01. The van der Waals surface area contributed by atoms with E-state index in [1.54, 1.807) is 29.0 Å². The van der Waals surface area contributed by atoms with E-state index in [2.05, 4.69) is 20.6 Å². The van der Waals surface area contributed by atoms with Gasteiger partial charge >= 0.3 is 0 Å². The number of fused-ring (bicyclic) bond motifs is 1. The van der Waals surface area contributed by atoms with Crippen molar-refractivity contribution in [3.8, 4) is 11.6 Å². The molecule has 0 radical (unpaired) electrons. The van der Waals surface area contributed by atoms with Gasteiger partial charge in [-0.25, -0.2) is 0 Å². The zero-order valence-corrected chi connectivity index (χ0v) is 12.9. The predicted molar refractivity (Wildman–Crippen MR) is 85.5 cm³/mol. The number of rotatable bonds is 3. The average Bonchev–Trinajstić information content (AvgIpc) is 3.23. The number of furan rings is 1. The Labute approximate surface area is 134 Å². The van der Waals surface area contributed by atoms with Gasteiger partial charge in [-0.1, -0.05) is 29.0 Å². The fourth-order valence-corrected chi connectivity index (χ4v) is 2.92. The van der Waals surface area contributed by atoms with Crippen LogP contribution < -0.4 is 5.32 Å². The molecule has 0 unspecified atom stereocenters. The van der Waals surface area contributed by atoms with Crippen LogP contribution in [0.5, 0.6) is 0 Å². The van der Waals surface area contributed by atoms with Gasteiger partial charge in [-0.15, -0.1) is 15.3 Å². The molecule has 3 heterocycles. The van der Waals surface area contributed by atoms with Gasteiger partial charge in [-0.2, -0.15) is 4.52 Å². The average molecular weight is 325 g/mol. The molecule has 4 rings (SSSR count). The van der Waals surface area contributed by atoms with Crippen LogP contribution in [0.1, 0.15) is 15.9 Å². The van der Waals surface area contributed by atoms with Crippen molar-refractivity contribution in [1.29, 1.82) is 0 Å². The molecule has 1 aromatic carbocycles. The second-order valence-electron chi connectivity index (χ2n) is 4.93. The number of carbonyl (C=O) groups excluding carboxylic acids is 1. The Balaban J connectivity index is 1.64. The number of aryl methyl sites for hydroxylation is 1. The maximum absolute atomic E-state index is 12.3. The second-order valence-corrected chi connectivity index (χ2v) is 5.88. The summed E-state index contributed by atoms with van der Waals surface area (Å²) in [5.41, 5.74) is 1.61. The number of carbonyl (C=O) groups is 1. The van der Waals surface area contributed by atoms with Crippen LogP contribution in [0.3, 0.4) is 0 Å². The van der Waals surface area contributed by atoms with Gasteiger partial charge in [0, 0.05) is 5.56 Å². The van der Waals surface area contributed by atoms with Crippen LogP contribution in [-0.4, -0.2) is 25.7 Å². The van der Waals surface area contributed by atoms with Crippen molar-refractivity contribution in [1.82, 2.24) is 19.8 Å². The fourth-order valence-electron chi connectivity index (χ4n) is 2.18. The number of anilines is 1. The van der Waals surface area contributed by atoms with Gasteiger partial charge in [0.2, 0.25) is 15.9 Å². The molecule has 0 bridgehead atoms. The lowest BCUT2D eigenvalue weighted by molar-refractivity contribution is 0.102. The lowest BCUT2D eigenvalue weighted by atomic mass is 10.1. The molecule has 114 valence electrons. The minimum atomic E-state index is -0.210. The van der Waals surface area contributed by atoms with E-state index in [9.17, 15) is 4.79 Å². The summed E-state index contributed by atoms with van der Waals surface area (Å²) in [5.74, 6) is 0.856. The Morgan fingerprint density at radius 1 is 1.26 bits per heavy atom. The van der Waals surface area contributed by atoms with Crippen LogP contribution >= 0.6 is 11.3 Å². The van der Waals surface area contributed by atoms with Crippen LogP contribution in [-0.2, 0) is 0 Å². The summed E-state index contributed by atoms with van der Waals surface area (Å²) in [6.07, 6.45) is 1.56. The molecule has 0 fully saturated rings. The number of aromatic nitrogens is 4. The molecule has 0 aliphatic carbocycles. The third kappa shape index (κ3) is 2.49. The van der Waals surface area contributed by atoms with E-state index in [0.717, 1.165) is 5.56 Å². The van der Waals surface area contributed by atoms with Crippen molar-refractivity contribution in [3.05, 3.63) is 53.8 Å². The SMILES string of the molecule is Cc1cccc(C(=O)Nc2nn3c(-c4ccco4)nnc3s2)c1. The molecule has 4 aromatic rings. The van der Waals surface area contributed by atoms with Crippen LogP contribution in [0.2, 0.25) is 0 Å². The Bertz CT molecular complexity index is 987. The normalized spacial score (nSPS) is 11.0. The largest absolute Gasteiger partial charge is 0.461 e. The first-order valence-electron chi connectivity index (χ1n) is 6.85. The summed E-state index contributed by atoms with van der Waals surface area (Å²) in [4.78, 5) is 12.8. The highest BCUT2D eigenvalue weighted by Crippen LogP contribution is 2.24. The maximum Gasteiger partial charge on any atom is 0.257 e. The number of nitrogens with zero attached hydrogens (tertiary/aromatic N) is 4. The van der Waals surface area contributed by atoms with Crippen molar-refractivity contribution in [2.24, 2.45) is 0 Å². The van der Waals surface area contributed by atoms with Gasteiger partial charge in [0.15, 0.2) is 5.76 Å². The molecule has 0 aliphatic heterocycles. The molecule has 0 saturated heterocycles. The van der Waals surface area contributed by atoms with Gasteiger partial charge in [0.1, 0.15) is 0 Å². The minimum Gasteiger partial charge on any atom is -0.461 e. The smallest absolute Gasteiger partial charge is 0.257 e. The second kappa shape index (κ2) is 5.33. The fraction of sp³-hybridized carbons (Fsp3) is 0.0667. The molecule has 1 N–H and O–H groups in total. The summed E-state index contributed by atoms with van der Waals surface area (Å²) >= 11 is 1.25. The number of hydrogen-bond acceptors (Lipinski definition) is 6. The Morgan fingerprint density at radius 3 is 2.96 bits per heavy atom. The minimum absolute atomic E-state index is 0.210. The van der Waals surface area contributed by atoms with Gasteiger partial charge in [-0.3, -0.25) is 10.1 Å². The number of nitrogens with one attached hydrogen (secondary N) is 1. The highest BCUT2D eigenvalue weighted by molar-refractivity contribution is 7.20. The number of amides is 1. The van der Waals surface area contributed by atoms with Gasteiger partial charge in [0.05, 0.1) is 6.26 Å². The van der Waals surface area contributed by atoms with Crippen LogP contribution in [0.25, 0.3) is 16.5 Å². The molecular weight excluding hydrogens is 314 g/mol. The monoisotopic (exact) mass is 325 g/mol. The molecule has 0 saturated carbocycles. The van der Waals surface area contributed by atoms with Crippen molar-refractivity contribution in [2.75, 3.05) is 5.32 Å². The Hall–Kier alpha value is -3.00. The summed E-state index contributed by atoms with van der Waals surface area (Å²) in [7, 11) is 0. The first kappa shape index (κ1) is 13.6. The van der Waals surface area contributed by atoms with E-state index in [4.69, 9.17) is 4.42 Å². The van der Waals surface area contributed by atoms with Crippen molar-refractivity contribution < 1.29 is 9.21 Å².